The summed E-state index contributed by atoms with van der Waals surface area (Å²) in [5, 5.41) is 8.78. The first-order valence-electron chi connectivity index (χ1n) is 6.00. The Labute approximate surface area is 115 Å². The molecule has 0 aromatic heterocycles. The summed E-state index contributed by atoms with van der Waals surface area (Å²) in [6, 6.07) is 3.86. The molecule has 1 rings (SSSR count). The summed E-state index contributed by atoms with van der Waals surface area (Å²) in [6.07, 6.45) is -1.02. The fourth-order valence-electron chi connectivity index (χ4n) is 2.05. The van der Waals surface area contributed by atoms with Crippen LogP contribution in [-0.2, 0) is 9.53 Å². The van der Waals surface area contributed by atoms with Gasteiger partial charge in [-0.15, -0.1) is 0 Å². The van der Waals surface area contributed by atoms with E-state index in [1.165, 1.54) is 6.92 Å². The van der Waals surface area contributed by atoms with Gasteiger partial charge in [-0.2, -0.15) is 0 Å². The number of aryl methyl sites for hydroxylation is 3. The molecule has 0 saturated carbocycles. The van der Waals surface area contributed by atoms with Crippen LogP contribution < -0.4 is 0 Å². The van der Waals surface area contributed by atoms with Crippen molar-refractivity contribution in [3.63, 3.8) is 0 Å². The highest BCUT2D eigenvalue weighted by molar-refractivity contribution is 7.19. The third-order valence-corrected chi connectivity index (χ3v) is 3.34. The smallest absolute Gasteiger partial charge is 0.332 e. The molecule has 1 aromatic carbocycles. The molecule has 2 unspecified atom stereocenters. The van der Waals surface area contributed by atoms with Crippen LogP contribution in [0.5, 0.6) is 0 Å². The third kappa shape index (κ3) is 3.85. The minimum absolute atomic E-state index is 0.215. The number of ketones is 1. The van der Waals surface area contributed by atoms with Crippen molar-refractivity contribution in [3.8, 4) is 0 Å². The highest BCUT2D eigenvalue weighted by Crippen LogP contribution is 2.22. The van der Waals surface area contributed by atoms with Gasteiger partial charge in [-0.1, -0.05) is 26.9 Å². The predicted molar refractivity (Wildman–Crippen MR) is 76.7 cm³/mol. The van der Waals surface area contributed by atoms with Gasteiger partial charge >= 0.3 is 5.97 Å². The number of carbonyl (C=O) groups is 2. The Morgan fingerprint density at radius 1 is 1.21 bits per heavy atom. The number of hydrogen-bond donors (Lipinski definition) is 1. The minimum atomic E-state index is -1.09. The fourth-order valence-corrected chi connectivity index (χ4v) is 2.45. The van der Waals surface area contributed by atoms with E-state index in [2.05, 4.69) is 9.24 Å². The zero-order chi connectivity index (χ0) is 14.7. The van der Waals surface area contributed by atoms with E-state index in [-0.39, 0.29) is 5.78 Å². The lowest BCUT2D eigenvalue weighted by Gasteiger charge is -2.18. The molecule has 4 nitrogen and oxygen atoms in total. The SMILES string of the molecule is Cc1cc(C)c(C(=O)C(P)O[C@@H](C)C(=O)O)c(C)c1. The van der Waals surface area contributed by atoms with E-state index in [0.717, 1.165) is 16.7 Å². The van der Waals surface area contributed by atoms with Crippen LogP contribution in [0, 0.1) is 20.8 Å². The van der Waals surface area contributed by atoms with E-state index in [4.69, 9.17) is 9.84 Å². The summed E-state index contributed by atoms with van der Waals surface area (Å²) in [5.41, 5.74) is 3.44. The van der Waals surface area contributed by atoms with Gasteiger partial charge < -0.3 is 9.84 Å². The van der Waals surface area contributed by atoms with Crippen LogP contribution in [0.4, 0.5) is 0 Å². The number of ether oxygens (including phenoxy) is 1. The Morgan fingerprint density at radius 2 is 1.68 bits per heavy atom. The van der Waals surface area contributed by atoms with E-state index in [1.54, 1.807) is 0 Å². The first-order valence-corrected chi connectivity index (χ1v) is 6.66. The first-order chi connectivity index (χ1) is 8.73. The fraction of sp³-hybridized carbons (Fsp3) is 0.429. The molecule has 3 atom stereocenters. The summed E-state index contributed by atoms with van der Waals surface area (Å²) < 4.78 is 5.18. The topological polar surface area (TPSA) is 63.6 Å². The van der Waals surface area contributed by atoms with Gasteiger partial charge in [0, 0.05) is 5.56 Å². The summed E-state index contributed by atoms with van der Waals surface area (Å²) >= 11 is 0. The van der Waals surface area contributed by atoms with Crippen molar-refractivity contribution in [2.75, 3.05) is 0 Å². The maximum atomic E-state index is 12.3. The Morgan fingerprint density at radius 3 is 2.11 bits per heavy atom. The van der Waals surface area contributed by atoms with Crippen molar-refractivity contribution in [1.82, 2.24) is 0 Å². The Hall–Kier alpha value is -1.25. The molecule has 19 heavy (non-hydrogen) atoms. The van der Waals surface area contributed by atoms with Crippen molar-refractivity contribution >= 4 is 21.0 Å². The van der Waals surface area contributed by atoms with E-state index in [0.29, 0.717) is 5.56 Å². The van der Waals surface area contributed by atoms with Crippen LogP contribution in [0.3, 0.4) is 0 Å². The largest absolute Gasteiger partial charge is 0.479 e. The Balaban J connectivity index is 2.98. The van der Waals surface area contributed by atoms with E-state index >= 15 is 0 Å². The number of aliphatic carboxylic acids is 1. The molecule has 0 amide bonds. The van der Waals surface area contributed by atoms with Crippen molar-refractivity contribution in [3.05, 3.63) is 34.4 Å². The Bertz CT molecular complexity index is 487. The minimum Gasteiger partial charge on any atom is -0.479 e. The number of carboxylic acids is 1. The van der Waals surface area contributed by atoms with Crippen LogP contribution in [0.2, 0.25) is 0 Å². The molecular formula is C14H19O4P. The number of benzene rings is 1. The average molecular weight is 282 g/mol. The lowest BCUT2D eigenvalue weighted by Crippen LogP contribution is -2.29. The number of carbonyl (C=O) groups excluding carboxylic acids is 1. The summed E-state index contributed by atoms with van der Waals surface area (Å²) in [5.74, 6) is -2.16. The molecule has 0 heterocycles. The molecule has 5 heteroatoms. The van der Waals surface area contributed by atoms with Gasteiger partial charge in [-0.3, -0.25) is 4.79 Å². The molecule has 0 fully saturated rings. The van der Waals surface area contributed by atoms with E-state index in [1.807, 2.05) is 32.9 Å². The lowest BCUT2D eigenvalue weighted by atomic mass is 9.97. The van der Waals surface area contributed by atoms with Crippen molar-refractivity contribution in [2.45, 2.75) is 39.6 Å². The van der Waals surface area contributed by atoms with Gasteiger partial charge in [0.2, 0.25) is 0 Å². The highest BCUT2D eigenvalue weighted by atomic mass is 31.0. The lowest BCUT2D eigenvalue weighted by molar-refractivity contribution is -0.149. The molecule has 1 aromatic rings. The molecule has 1 N–H and O–H groups in total. The van der Waals surface area contributed by atoms with Crippen LogP contribution in [0.1, 0.15) is 34.0 Å². The quantitative estimate of drug-likeness (QED) is 0.665. The maximum Gasteiger partial charge on any atom is 0.332 e. The van der Waals surface area contributed by atoms with Gasteiger partial charge in [-0.25, -0.2) is 4.79 Å². The zero-order valence-corrected chi connectivity index (χ0v) is 12.7. The summed E-state index contributed by atoms with van der Waals surface area (Å²) in [7, 11) is 2.26. The molecule has 0 radical (unpaired) electrons. The average Bonchev–Trinajstić information content (AvgIpc) is 2.26. The second-order valence-corrected chi connectivity index (χ2v) is 5.28. The molecule has 104 valence electrons. The van der Waals surface area contributed by atoms with Crippen molar-refractivity contribution < 1.29 is 19.4 Å². The van der Waals surface area contributed by atoms with E-state index < -0.39 is 17.9 Å². The van der Waals surface area contributed by atoms with Crippen LogP contribution in [-0.4, -0.2) is 28.8 Å². The van der Waals surface area contributed by atoms with Crippen molar-refractivity contribution in [1.29, 1.82) is 0 Å². The third-order valence-electron chi connectivity index (χ3n) is 2.88. The van der Waals surface area contributed by atoms with Crippen LogP contribution >= 0.6 is 9.24 Å². The van der Waals surface area contributed by atoms with Gasteiger partial charge in [0.25, 0.3) is 0 Å². The van der Waals surface area contributed by atoms with Gasteiger partial charge in [0.05, 0.1) is 0 Å². The number of Topliss-reactive ketones (excluding diaryl/α,β-unsaturated/α-hetero) is 1. The Kier molecular flexibility index (Phi) is 5.21. The van der Waals surface area contributed by atoms with Crippen LogP contribution in [0.25, 0.3) is 0 Å². The first kappa shape index (κ1) is 15.8. The monoisotopic (exact) mass is 282 g/mol. The standard InChI is InChI=1S/C14H19O4P/c1-7-5-8(2)11(9(3)6-7)12(15)14(19)18-10(4)13(16)17/h5-6,10,14H,19H2,1-4H3,(H,16,17)/t10-,14?/m0/s1. The predicted octanol–water partition coefficient (Wildman–Crippen LogP) is 2.49. The highest BCUT2D eigenvalue weighted by Gasteiger charge is 2.24. The van der Waals surface area contributed by atoms with E-state index in [9.17, 15) is 9.59 Å². The zero-order valence-electron chi connectivity index (χ0n) is 11.6. The van der Waals surface area contributed by atoms with Gasteiger partial charge in [0.1, 0.15) is 5.85 Å². The molecular weight excluding hydrogens is 263 g/mol. The number of rotatable bonds is 5. The van der Waals surface area contributed by atoms with Crippen molar-refractivity contribution in [2.24, 2.45) is 0 Å². The molecule has 0 aliphatic rings. The molecule has 0 aliphatic heterocycles. The second kappa shape index (κ2) is 6.27. The normalized spacial score (nSPS) is 13.9. The van der Waals surface area contributed by atoms with Gasteiger partial charge in [0.15, 0.2) is 11.9 Å². The second-order valence-electron chi connectivity index (χ2n) is 4.68. The number of carboxylic acid groups (broad SMARTS) is 1. The molecule has 0 saturated heterocycles. The number of hydrogen-bond acceptors (Lipinski definition) is 3. The molecule has 0 bridgehead atoms. The summed E-state index contributed by atoms with van der Waals surface area (Å²) in [6.45, 7) is 7.10. The summed E-state index contributed by atoms with van der Waals surface area (Å²) in [4.78, 5) is 23.0. The van der Waals surface area contributed by atoms with Crippen LogP contribution in [0.15, 0.2) is 12.1 Å². The maximum absolute atomic E-state index is 12.3. The van der Waals surface area contributed by atoms with Gasteiger partial charge in [-0.05, 0) is 38.8 Å². The molecule has 0 spiro atoms. The molecule has 0 aliphatic carbocycles.